The molecule has 0 aromatic rings. The molecule has 0 radical (unpaired) electrons. The molecule has 0 spiro atoms. The van der Waals surface area contributed by atoms with E-state index in [1.807, 2.05) is 6.08 Å². The lowest BCUT2D eigenvalue weighted by Gasteiger charge is -2.46. The first-order chi connectivity index (χ1) is 48.1. The summed E-state index contributed by atoms with van der Waals surface area (Å²) in [5.74, 6) is -0.228. The Morgan fingerprint density at radius 1 is 0.357 bits per heavy atom. The van der Waals surface area contributed by atoms with Crippen LogP contribution in [-0.2, 0) is 23.7 Å². The van der Waals surface area contributed by atoms with Crippen molar-refractivity contribution in [2.45, 2.75) is 498 Å². The van der Waals surface area contributed by atoms with E-state index < -0.39 is 86.8 Å². The van der Waals surface area contributed by atoms with Gasteiger partial charge in [0.05, 0.1) is 32.0 Å². The zero-order chi connectivity index (χ0) is 70.8. The molecule has 14 nitrogen and oxygen atoms in total. The Hall–Kier alpha value is -1.27. The van der Waals surface area contributed by atoms with Gasteiger partial charge in [-0.2, -0.15) is 0 Å². The Morgan fingerprint density at radius 3 is 0.939 bits per heavy atom. The Balaban J connectivity index is 1.54. The van der Waals surface area contributed by atoms with E-state index in [1.165, 1.54) is 360 Å². The van der Waals surface area contributed by atoms with E-state index in [0.29, 0.717) is 0 Å². The van der Waals surface area contributed by atoms with Gasteiger partial charge in [0.1, 0.15) is 48.8 Å². The number of nitrogens with one attached hydrogen (secondary N) is 1. The van der Waals surface area contributed by atoms with Crippen LogP contribution in [0.1, 0.15) is 425 Å². The van der Waals surface area contributed by atoms with Gasteiger partial charge in [0.15, 0.2) is 12.6 Å². The lowest BCUT2D eigenvalue weighted by Crippen LogP contribution is -2.65. The maximum absolute atomic E-state index is 13.4. The van der Waals surface area contributed by atoms with Crippen molar-refractivity contribution in [2.24, 2.45) is 0 Å². The molecule has 2 saturated heterocycles. The summed E-state index contributed by atoms with van der Waals surface area (Å²) >= 11 is 0. The largest absolute Gasteiger partial charge is 0.394 e. The molecule has 0 aromatic heterocycles. The summed E-state index contributed by atoms with van der Waals surface area (Å²) in [5.41, 5.74) is 0. The lowest BCUT2D eigenvalue weighted by atomic mass is 9.97. The molecule has 12 unspecified atom stereocenters. The van der Waals surface area contributed by atoms with Gasteiger partial charge < -0.3 is 65.1 Å². The maximum Gasteiger partial charge on any atom is 0.220 e. The summed E-state index contributed by atoms with van der Waals surface area (Å²) in [6, 6.07) is -0.912. The van der Waals surface area contributed by atoms with E-state index in [-0.39, 0.29) is 18.9 Å². The zero-order valence-corrected chi connectivity index (χ0v) is 64.1. The Kier molecular flexibility index (Phi) is 65.2. The number of hydrogen-bond donors (Lipinski definition) is 9. The van der Waals surface area contributed by atoms with Crippen LogP contribution in [0.2, 0.25) is 0 Å². The van der Waals surface area contributed by atoms with Crippen molar-refractivity contribution < 1.29 is 64.6 Å². The van der Waals surface area contributed by atoms with Crippen molar-refractivity contribution in [3.05, 3.63) is 12.2 Å². The van der Waals surface area contributed by atoms with Gasteiger partial charge >= 0.3 is 0 Å². The number of carbonyl (C=O) groups excluding carboxylic acids is 1. The van der Waals surface area contributed by atoms with E-state index in [2.05, 4.69) is 19.2 Å². The van der Waals surface area contributed by atoms with Gasteiger partial charge in [0, 0.05) is 6.42 Å². The highest BCUT2D eigenvalue weighted by atomic mass is 16.7. The molecule has 582 valence electrons. The molecule has 12 atom stereocenters. The summed E-state index contributed by atoms with van der Waals surface area (Å²) in [6.07, 6.45) is 71.9. The first-order valence-electron chi connectivity index (χ1n) is 42.9. The van der Waals surface area contributed by atoms with Crippen molar-refractivity contribution in [1.29, 1.82) is 0 Å². The summed E-state index contributed by atoms with van der Waals surface area (Å²) in [4.78, 5) is 13.4. The molecule has 2 aliphatic heterocycles. The smallest absolute Gasteiger partial charge is 0.220 e. The molecule has 2 heterocycles. The van der Waals surface area contributed by atoms with Crippen molar-refractivity contribution in [3.63, 3.8) is 0 Å². The topological polar surface area (TPSA) is 228 Å². The average molecular weight is 1400 g/mol. The minimum absolute atomic E-state index is 0.228. The Labute approximate surface area is 603 Å². The van der Waals surface area contributed by atoms with Crippen molar-refractivity contribution in [2.75, 3.05) is 19.8 Å². The number of hydrogen-bond acceptors (Lipinski definition) is 13. The average Bonchev–Trinajstić information content (AvgIpc) is 0.793. The molecule has 14 heteroatoms. The van der Waals surface area contributed by atoms with E-state index in [1.54, 1.807) is 6.08 Å². The van der Waals surface area contributed by atoms with Gasteiger partial charge in [-0.25, -0.2) is 0 Å². The van der Waals surface area contributed by atoms with Crippen LogP contribution in [0, 0.1) is 0 Å². The van der Waals surface area contributed by atoms with Gasteiger partial charge in [-0.3, -0.25) is 4.79 Å². The third-order valence-corrected chi connectivity index (χ3v) is 21.5. The molecular weight excluding hydrogens is 1230 g/mol. The van der Waals surface area contributed by atoms with E-state index >= 15 is 0 Å². The monoisotopic (exact) mass is 1390 g/mol. The zero-order valence-electron chi connectivity index (χ0n) is 64.1. The minimum atomic E-state index is -1.79. The number of amides is 1. The van der Waals surface area contributed by atoms with Gasteiger partial charge in [0.25, 0.3) is 0 Å². The molecule has 98 heavy (non-hydrogen) atoms. The van der Waals surface area contributed by atoms with Crippen molar-refractivity contribution in [3.8, 4) is 0 Å². The summed E-state index contributed by atoms with van der Waals surface area (Å²) in [5, 5.41) is 87.7. The van der Waals surface area contributed by atoms with Crippen molar-refractivity contribution in [1.82, 2.24) is 5.32 Å². The van der Waals surface area contributed by atoms with E-state index in [0.717, 1.165) is 44.9 Å². The van der Waals surface area contributed by atoms with Crippen LogP contribution in [0.4, 0.5) is 0 Å². The summed E-state index contributed by atoms with van der Waals surface area (Å²) in [7, 11) is 0. The molecule has 0 bridgehead atoms. The van der Waals surface area contributed by atoms with Crippen LogP contribution in [0.3, 0.4) is 0 Å². The normalized spacial score (nSPS) is 22.0. The highest BCUT2D eigenvalue weighted by Gasteiger charge is 2.51. The molecule has 1 amide bonds. The van der Waals surface area contributed by atoms with Crippen molar-refractivity contribution >= 4 is 5.91 Å². The highest BCUT2D eigenvalue weighted by molar-refractivity contribution is 5.76. The Bertz CT molecular complexity index is 1690. The van der Waals surface area contributed by atoms with Crippen LogP contribution >= 0.6 is 0 Å². The fourth-order valence-electron chi connectivity index (χ4n) is 14.7. The molecule has 0 aromatic carbocycles. The number of aliphatic hydroxyl groups is 8. The summed E-state index contributed by atoms with van der Waals surface area (Å²) in [6.45, 7) is 2.88. The van der Waals surface area contributed by atoms with Gasteiger partial charge in [-0.15, -0.1) is 0 Å². The lowest BCUT2D eigenvalue weighted by molar-refractivity contribution is -0.359. The molecular formula is C84H163NO13. The number of carbonyl (C=O) groups is 1. The number of unbranched alkanes of at least 4 members (excludes halogenated alkanes) is 61. The molecule has 9 N–H and O–H groups in total. The fraction of sp³-hybridized carbons (Fsp3) is 0.964. The van der Waals surface area contributed by atoms with Crippen LogP contribution < -0.4 is 5.32 Å². The third kappa shape index (κ3) is 51.0. The minimum Gasteiger partial charge on any atom is -0.394 e. The number of rotatable bonds is 74. The predicted molar refractivity (Wildman–Crippen MR) is 406 cm³/mol. The second-order valence-electron chi connectivity index (χ2n) is 30.7. The first-order valence-corrected chi connectivity index (χ1v) is 42.9. The summed E-state index contributed by atoms with van der Waals surface area (Å²) < 4.78 is 22.9. The Morgan fingerprint density at radius 2 is 0.633 bits per heavy atom. The van der Waals surface area contributed by atoms with Crippen LogP contribution in [0.5, 0.6) is 0 Å². The molecule has 2 aliphatic rings. The molecule has 2 rings (SSSR count). The molecule has 2 fully saturated rings. The van der Waals surface area contributed by atoms with E-state index in [9.17, 15) is 45.6 Å². The van der Waals surface area contributed by atoms with E-state index in [4.69, 9.17) is 18.9 Å². The second kappa shape index (κ2) is 68.8. The van der Waals surface area contributed by atoms with Gasteiger partial charge in [-0.05, 0) is 19.3 Å². The molecule has 0 saturated carbocycles. The van der Waals surface area contributed by atoms with Gasteiger partial charge in [0.2, 0.25) is 5.91 Å². The second-order valence-corrected chi connectivity index (χ2v) is 30.7. The van der Waals surface area contributed by atoms with Crippen LogP contribution in [0.25, 0.3) is 0 Å². The number of allylic oxidation sites excluding steroid dienone is 1. The van der Waals surface area contributed by atoms with Gasteiger partial charge in [-0.1, -0.05) is 411 Å². The SMILES string of the molecule is CCCCCCCCCCCCCCCCCCCCCCC/C=C/C(O)C(COC1OC(CO)C(OC2OC(CO)C(O)C(O)C2O)C(O)C1O)NC(=O)CCCCCCCCCCCCCCCCCCCCCCCCCCCCCCCCCCCCCCCCCCC. The molecule has 0 aliphatic carbocycles. The van der Waals surface area contributed by atoms with Crippen LogP contribution in [0.15, 0.2) is 12.2 Å². The number of aliphatic hydroxyl groups excluding tert-OH is 8. The number of ether oxygens (including phenoxy) is 4. The maximum atomic E-state index is 13.4. The van der Waals surface area contributed by atoms with Crippen LogP contribution in [-0.4, -0.2) is 140 Å². The quantitative estimate of drug-likeness (QED) is 0.0204. The first kappa shape index (κ1) is 92.8. The standard InChI is InChI=1S/C84H163NO13/c1-3-5-7-9-11-13-15-17-19-21-23-25-27-28-29-30-31-32-33-34-35-36-37-38-39-40-41-42-43-44-46-48-50-52-54-56-58-60-62-64-66-68-76(89)85-72(71-95-83-81(94)79(92)82(75(70-87)97-83)98-84-80(93)78(91)77(90)74(69-86)96-84)73(88)67-65-63-61-59-57-55-53-51-49-47-45-26-24-22-20-18-16-14-12-10-8-6-4-2/h65,67,72-75,77-84,86-88,90-94H,3-64,66,68-71H2,1-2H3,(H,85,89)/b67-65+. The predicted octanol–water partition coefficient (Wildman–Crippen LogP) is 20.0. The third-order valence-electron chi connectivity index (χ3n) is 21.5. The highest BCUT2D eigenvalue weighted by Crippen LogP contribution is 2.31. The fourth-order valence-corrected chi connectivity index (χ4v) is 14.7.